The lowest BCUT2D eigenvalue weighted by Crippen LogP contribution is -2.19. The number of allylic oxidation sites excluding steroid dienone is 4. The highest BCUT2D eigenvalue weighted by atomic mass is 14.3. The minimum atomic E-state index is 0.659. The summed E-state index contributed by atoms with van der Waals surface area (Å²) in [5.41, 5.74) is 5.15. The lowest BCUT2D eigenvalue weighted by molar-refractivity contribution is 0.201. The summed E-state index contributed by atoms with van der Waals surface area (Å²) in [5.74, 6) is 4.88. The Labute approximate surface area is 274 Å². The maximum atomic E-state index is 2.39. The molecule has 0 N–H and O–H groups in total. The fourth-order valence-corrected chi connectivity index (χ4v) is 6.82. The molecule has 0 spiro atoms. The molecule has 5 aliphatic carbocycles. The Morgan fingerprint density at radius 2 is 0.628 bits per heavy atom. The molecule has 3 fully saturated rings. The summed E-state index contributed by atoms with van der Waals surface area (Å²) in [6.07, 6.45) is 30.2. The molecule has 5 rings (SSSR count). The van der Waals surface area contributed by atoms with E-state index in [0.29, 0.717) is 16.2 Å². The van der Waals surface area contributed by atoms with Crippen LogP contribution in [0.5, 0.6) is 0 Å². The number of hydrogen-bond donors (Lipinski definition) is 0. The summed E-state index contributed by atoms with van der Waals surface area (Å²) in [7, 11) is 0. The lowest BCUT2D eigenvalue weighted by atomic mass is 9.74. The fraction of sp³-hybridized carbons (Fsp3) is 0.907. The van der Waals surface area contributed by atoms with E-state index < -0.39 is 0 Å². The molecule has 3 saturated carbocycles. The van der Waals surface area contributed by atoms with Gasteiger partial charge in [-0.05, 0) is 137 Å². The zero-order valence-corrected chi connectivity index (χ0v) is 32.3. The normalized spacial score (nSPS) is 28.9. The van der Waals surface area contributed by atoms with Crippen LogP contribution in [-0.4, -0.2) is 0 Å². The second-order valence-electron chi connectivity index (χ2n) is 18.9. The van der Waals surface area contributed by atoms with Crippen LogP contribution >= 0.6 is 0 Å². The molecule has 0 nitrogen and oxygen atoms in total. The molecule has 0 aliphatic heterocycles. The molecule has 5 aliphatic rings. The molecular weight excluding hydrogens is 516 g/mol. The van der Waals surface area contributed by atoms with E-state index in [9.17, 15) is 0 Å². The highest BCUT2D eigenvalue weighted by Gasteiger charge is 2.25. The van der Waals surface area contributed by atoms with Crippen molar-refractivity contribution in [3.63, 3.8) is 0 Å². The summed E-state index contributed by atoms with van der Waals surface area (Å²) in [6, 6.07) is 0. The van der Waals surface area contributed by atoms with Crippen molar-refractivity contribution in [1.82, 2.24) is 0 Å². The van der Waals surface area contributed by atoms with Crippen LogP contribution in [0.3, 0.4) is 0 Å². The van der Waals surface area contributed by atoms with E-state index in [1.54, 1.807) is 11.1 Å². The van der Waals surface area contributed by atoms with Crippen molar-refractivity contribution in [3.8, 4) is 0 Å². The Balaban J connectivity index is 0.000000269. The van der Waals surface area contributed by atoms with Gasteiger partial charge >= 0.3 is 0 Å². The third-order valence-electron chi connectivity index (χ3n) is 11.7. The van der Waals surface area contributed by atoms with Crippen molar-refractivity contribution in [2.24, 2.45) is 45.8 Å². The Hall–Kier alpha value is -0.520. The van der Waals surface area contributed by atoms with Gasteiger partial charge in [0.25, 0.3) is 0 Å². The van der Waals surface area contributed by atoms with Gasteiger partial charge in [-0.2, -0.15) is 0 Å². The Kier molecular flexibility index (Phi) is 18.7. The number of hydrogen-bond acceptors (Lipinski definition) is 0. The first-order chi connectivity index (χ1) is 19.9. The maximum absolute atomic E-state index is 2.39. The van der Waals surface area contributed by atoms with Gasteiger partial charge in [-0.3, -0.25) is 0 Å². The standard InChI is InChI=1S/3C9H18.2C8H14/c3*1-8-4-6-9(2,3)7-5-8;2*1-7-3-5-8(2)6-4-7/h3*8H,4-7H2,1-3H3;2*3,8H,4-6H2,1-2H3. The largest absolute Gasteiger partial charge is 0.0853 e. The molecular formula is C43H82. The molecule has 0 aromatic carbocycles. The summed E-state index contributed by atoms with van der Waals surface area (Å²) < 4.78 is 0. The van der Waals surface area contributed by atoms with E-state index in [2.05, 4.69) is 102 Å². The van der Waals surface area contributed by atoms with Crippen molar-refractivity contribution < 1.29 is 0 Å². The van der Waals surface area contributed by atoms with E-state index >= 15 is 0 Å². The van der Waals surface area contributed by atoms with Gasteiger partial charge in [0.1, 0.15) is 0 Å². The lowest BCUT2D eigenvalue weighted by Gasteiger charge is -2.32. The average molecular weight is 599 g/mol. The van der Waals surface area contributed by atoms with Gasteiger partial charge in [0.2, 0.25) is 0 Å². The molecule has 2 unspecified atom stereocenters. The highest BCUT2D eigenvalue weighted by Crippen LogP contribution is 2.39. The zero-order chi connectivity index (χ0) is 32.7. The maximum Gasteiger partial charge on any atom is -0.0320 e. The summed E-state index contributed by atoms with van der Waals surface area (Å²) in [5, 5.41) is 0. The molecule has 0 heterocycles. The SMILES string of the molecule is CC1=CCC(C)CC1.CC1=CCC(C)CC1.CC1CCC(C)(C)CC1.CC1CCC(C)(C)CC1.CC1CCC(C)(C)CC1. The van der Waals surface area contributed by atoms with E-state index in [4.69, 9.17) is 0 Å². The third kappa shape index (κ3) is 21.0. The van der Waals surface area contributed by atoms with Crippen molar-refractivity contribution >= 4 is 0 Å². The van der Waals surface area contributed by atoms with Gasteiger partial charge in [0, 0.05) is 0 Å². The van der Waals surface area contributed by atoms with E-state index in [1.807, 2.05) is 0 Å². The smallest absolute Gasteiger partial charge is 0.0320 e. The molecule has 0 bridgehead atoms. The van der Waals surface area contributed by atoms with E-state index in [-0.39, 0.29) is 0 Å². The minimum Gasteiger partial charge on any atom is -0.0853 e. The van der Waals surface area contributed by atoms with Crippen LogP contribution < -0.4 is 0 Å². The van der Waals surface area contributed by atoms with Crippen LogP contribution in [0.15, 0.2) is 23.3 Å². The second-order valence-corrected chi connectivity index (χ2v) is 18.9. The Morgan fingerprint density at radius 1 is 0.395 bits per heavy atom. The van der Waals surface area contributed by atoms with Crippen molar-refractivity contribution in [3.05, 3.63) is 23.3 Å². The Morgan fingerprint density at radius 3 is 0.767 bits per heavy atom. The summed E-state index contributed by atoms with van der Waals surface area (Å²) >= 11 is 0. The van der Waals surface area contributed by atoms with Crippen molar-refractivity contribution in [1.29, 1.82) is 0 Å². The van der Waals surface area contributed by atoms with Crippen molar-refractivity contribution in [2.75, 3.05) is 0 Å². The monoisotopic (exact) mass is 599 g/mol. The molecule has 0 aromatic heterocycles. The van der Waals surface area contributed by atoms with E-state index in [1.165, 1.54) is 116 Å². The van der Waals surface area contributed by atoms with Gasteiger partial charge in [-0.25, -0.2) is 0 Å². The van der Waals surface area contributed by atoms with E-state index in [0.717, 1.165) is 29.6 Å². The number of rotatable bonds is 0. The van der Waals surface area contributed by atoms with Crippen LogP contribution in [0.25, 0.3) is 0 Å². The first kappa shape index (κ1) is 40.5. The molecule has 0 heteroatoms. The van der Waals surface area contributed by atoms with Gasteiger partial charge in [-0.15, -0.1) is 0 Å². The first-order valence-electron chi connectivity index (χ1n) is 19.2. The Bertz CT molecular complexity index is 669. The van der Waals surface area contributed by atoms with Gasteiger partial charge in [0.05, 0.1) is 0 Å². The zero-order valence-electron chi connectivity index (χ0n) is 32.3. The molecule has 43 heavy (non-hydrogen) atoms. The minimum absolute atomic E-state index is 0.659. The van der Waals surface area contributed by atoms with Gasteiger partial charge < -0.3 is 0 Å². The molecule has 0 amide bonds. The van der Waals surface area contributed by atoms with Crippen molar-refractivity contribution in [2.45, 2.75) is 206 Å². The topological polar surface area (TPSA) is 0 Å². The molecule has 0 radical (unpaired) electrons. The highest BCUT2D eigenvalue weighted by molar-refractivity contribution is 5.02. The molecule has 254 valence electrons. The van der Waals surface area contributed by atoms with Gasteiger partial charge in [0.15, 0.2) is 0 Å². The second kappa shape index (κ2) is 19.9. The first-order valence-corrected chi connectivity index (χ1v) is 19.2. The molecule has 0 aromatic rings. The van der Waals surface area contributed by atoms with Gasteiger partial charge in [-0.1, -0.05) is 138 Å². The predicted octanol–water partition coefficient (Wildman–Crippen LogP) is 15.2. The fourth-order valence-electron chi connectivity index (χ4n) is 6.82. The quantitative estimate of drug-likeness (QED) is 0.243. The van der Waals surface area contributed by atoms with Crippen LogP contribution in [0.2, 0.25) is 0 Å². The summed E-state index contributed by atoms with van der Waals surface area (Å²) in [4.78, 5) is 0. The summed E-state index contributed by atoms with van der Waals surface area (Å²) in [6.45, 7) is 30.5. The predicted molar refractivity (Wildman–Crippen MR) is 198 cm³/mol. The molecule has 0 saturated heterocycles. The average Bonchev–Trinajstić information content (AvgIpc) is 2.94. The van der Waals surface area contributed by atoms with Crippen LogP contribution in [0.1, 0.15) is 206 Å². The van der Waals surface area contributed by atoms with Crippen LogP contribution in [0, 0.1) is 45.8 Å². The third-order valence-corrected chi connectivity index (χ3v) is 11.7. The van der Waals surface area contributed by atoms with Crippen LogP contribution in [0.4, 0.5) is 0 Å². The van der Waals surface area contributed by atoms with Crippen LogP contribution in [-0.2, 0) is 0 Å². The molecule has 2 atom stereocenters.